The molecular weight excluding hydrogens is 211 g/mol. The van der Waals surface area contributed by atoms with Crippen LogP contribution in [-0.2, 0) is 0 Å². The molecule has 0 saturated carbocycles. The summed E-state index contributed by atoms with van der Waals surface area (Å²) in [5.74, 6) is -0.00103. The zero-order valence-electron chi connectivity index (χ0n) is 8.53. The molecule has 0 aliphatic heterocycles. The van der Waals surface area contributed by atoms with E-state index in [1.165, 1.54) is 30.6 Å². The molecule has 0 spiro atoms. The third-order valence-corrected chi connectivity index (χ3v) is 2.02. The molecule has 1 aromatic heterocycles. The minimum absolute atomic E-state index is 0.0616. The summed E-state index contributed by atoms with van der Waals surface area (Å²) in [6.45, 7) is 1.62. The first kappa shape index (κ1) is 10.4. The second kappa shape index (κ2) is 4.14. The normalized spacial score (nSPS) is 10.1. The van der Waals surface area contributed by atoms with Gasteiger partial charge in [0.1, 0.15) is 11.6 Å². The molecule has 0 aliphatic carbocycles. The van der Waals surface area contributed by atoms with Gasteiger partial charge in [0.2, 0.25) is 0 Å². The van der Waals surface area contributed by atoms with E-state index in [1.807, 2.05) is 0 Å². The average Bonchev–Trinajstić information content (AvgIpc) is 2.27. The lowest BCUT2D eigenvalue weighted by Crippen LogP contribution is -2.09. The van der Waals surface area contributed by atoms with Crippen LogP contribution in [0.25, 0.3) is 0 Å². The lowest BCUT2D eigenvalue weighted by Gasteiger charge is -2.04. The summed E-state index contributed by atoms with van der Waals surface area (Å²) in [6.07, 6.45) is 2.82. The van der Waals surface area contributed by atoms with Gasteiger partial charge in [0.05, 0.1) is 0 Å². The number of H-pyrrole nitrogens is 1. The van der Waals surface area contributed by atoms with E-state index in [1.54, 1.807) is 6.92 Å². The van der Waals surface area contributed by atoms with Crippen molar-refractivity contribution in [2.24, 2.45) is 0 Å². The number of aromatic amines is 1. The smallest absolute Gasteiger partial charge is 0.311 e. The number of aryl methyl sites for hydroxylation is 1. The third kappa shape index (κ3) is 2.08. The van der Waals surface area contributed by atoms with Gasteiger partial charge < -0.3 is 9.72 Å². The fourth-order valence-electron chi connectivity index (χ4n) is 1.20. The van der Waals surface area contributed by atoms with E-state index in [-0.39, 0.29) is 11.7 Å². The summed E-state index contributed by atoms with van der Waals surface area (Å²) >= 11 is 0. The van der Waals surface area contributed by atoms with E-state index in [0.717, 1.165) is 0 Å². The number of hydrogen-bond acceptors (Lipinski definition) is 3. The van der Waals surface area contributed by atoms with Gasteiger partial charge in [0.25, 0.3) is 5.88 Å². The molecule has 0 fully saturated rings. The summed E-state index contributed by atoms with van der Waals surface area (Å²) in [5.41, 5.74) is 0.0225. The van der Waals surface area contributed by atoms with Crippen LogP contribution in [0.3, 0.4) is 0 Å². The van der Waals surface area contributed by atoms with Crippen molar-refractivity contribution in [1.82, 2.24) is 9.97 Å². The highest BCUT2D eigenvalue weighted by atomic mass is 19.1. The third-order valence-electron chi connectivity index (χ3n) is 2.02. The van der Waals surface area contributed by atoms with Gasteiger partial charge in [0, 0.05) is 12.4 Å². The molecule has 16 heavy (non-hydrogen) atoms. The predicted octanol–water partition coefficient (Wildman–Crippen LogP) is 2.01. The Labute approximate surface area is 90.7 Å². The van der Waals surface area contributed by atoms with Gasteiger partial charge in [-0.2, -0.15) is 0 Å². The Bertz CT molecular complexity index is 566. The molecule has 0 atom stereocenters. The van der Waals surface area contributed by atoms with E-state index < -0.39 is 5.56 Å². The Hall–Kier alpha value is -2.17. The molecule has 1 aromatic carbocycles. The molecule has 5 heteroatoms. The largest absolute Gasteiger partial charge is 0.435 e. The van der Waals surface area contributed by atoms with Crippen molar-refractivity contribution in [3.63, 3.8) is 0 Å². The Balaban J connectivity index is 2.31. The molecule has 0 unspecified atom stereocenters. The number of ether oxygens (including phenoxy) is 1. The molecule has 82 valence electrons. The van der Waals surface area contributed by atoms with Gasteiger partial charge in [-0.05, 0) is 30.7 Å². The first-order valence-electron chi connectivity index (χ1n) is 4.64. The molecule has 0 radical (unpaired) electrons. The Morgan fingerprint density at radius 2 is 2.25 bits per heavy atom. The maximum absolute atomic E-state index is 13.0. The lowest BCUT2D eigenvalue weighted by atomic mass is 10.2. The van der Waals surface area contributed by atoms with E-state index >= 15 is 0 Å². The van der Waals surface area contributed by atoms with Crippen molar-refractivity contribution in [3.8, 4) is 11.6 Å². The quantitative estimate of drug-likeness (QED) is 0.842. The maximum Gasteiger partial charge on any atom is 0.311 e. The van der Waals surface area contributed by atoms with Gasteiger partial charge in [-0.1, -0.05) is 0 Å². The van der Waals surface area contributed by atoms with Crippen molar-refractivity contribution in [2.45, 2.75) is 6.92 Å². The maximum atomic E-state index is 13.0. The zero-order chi connectivity index (χ0) is 11.5. The lowest BCUT2D eigenvalue weighted by molar-refractivity contribution is 0.452. The van der Waals surface area contributed by atoms with Crippen LogP contribution in [0, 0.1) is 12.7 Å². The molecule has 4 nitrogen and oxygen atoms in total. The first-order chi connectivity index (χ1) is 7.66. The Morgan fingerprint density at radius 1 is 1.44 bits per heavy atom. The van der Waals surface area contributed by atoms with Crippen LogP contribution < -0.4 is 10.3 Å². The minimum Gasteiger partial charge on any atom is -0.435 e. The van der Waals surface area contributed by atoms with Gasteiger partial charge in [-0.25, -0.2) is 9.37 Å². The van der Waals surface area contributed by atoms with Gasteiger partial charge in [0.15, 0.2) is 0 Å². The number of benzene rings is 1. The number of halogens is 1. The number of nitrogens with zero attached hydrogens (tertiary/aromatic N) is 1. The zero-order valence-corrected chi connectivity index (χ0v) is 8.53. The second-order valence-electron chi connectivity index (χ2n) is 3.24. The predicted molar refractivity (Wildman–Crippen MR) is 56.1 cm³/mol. The van der Waals surface area contributed by atoms with E-state index in [9.17, 15) is 9.18 Å². The molecule has 1 heterocycles. The summed E-state index contributed by atoms with van der Waals surface area (Å²) in [4.78, 5) is 17.5. The van der Waals surface area contributed by atoms with Crippen molar-refractivity contribution in [3.05, 3.63) is 52.3 Å². The van der Waals surface area contributed by atoms with Gasteiger partial charge in [-0.3, -0.25) is 4.79 Å². The summed E-state index contributed by atoms with van der Waals surface area (Å²) in [7, 11) is 0. The molecule has 0 saturated heterocycles. The van der Waals surface area contributed by atoms with E-state index in [0.29, 0.717) is 11.3 Å². The Kier molecular flexibility index (Phi) is 2.68. The van der Waals surface area contributed by atoms with Crippen molar-refractivity contribution in [1.29, 1.82) is 0 Å². The standard InChI is InChI=1S/C11H9FN2O2/c1-7-6-8(2-3-9(7)12)16-11-10(15)13-4-5-14-11/h2-6H,1H3,(H,13,15). The SMILES string of the molecule is Cc1cc(Oc2ncc[nH]c2=O)ccc1F. The van der Waals surface area contributed by atoms with Crippen LogP contribution in [0.5, 0.6) is 11.6 Å². The first-order valence-corrected chi connectivity index (χ1v) is 4.64. The van der Waals surface area contributed by atoms with Crippen molar-refractivity contribution >= 4 is 0 Å². The fourth-order valence-corrected chi connectivity index (χ4v) is 1.20. The molecule has 0 bridgehead atoms. The Morgan fingerprint density at radius 3 is 2.94 bits per heavy atom. The molecule has 1 N–H and O–H groups in total. The summed E-state index contributed by atoms with van der Waals surface area (Å²) in [6, 6.07) is 4.22. The van der Waals surface area contributed by atoms with Crippen LogP contribution in [0.2, 0.25) is 0 Å². The number of nitrogens with one attached hydrogen (secondary N) is 1. The molecule has 2 aromatic rings. The number of hydrogen-bond donors (Lipinski definition) is 1. The number of rotatable bonds is 2. The van der Waals surface area contributed by atoms with Crippen molar-refractivity contribution < 1.29 is 9.13 Å². The summed E-state index contributed by atoms with van der Waals surface area (Å²) < 4.78 is 18.2. The van der Waals surface area contributed by atoms with Crippen LogP contribution >= 0.6 is 0 Å². The second-order valence-corrected chi connectivity index (χ2v) is 3.24. The number of aromatic nitrogens is 2. The highest BCUT2D eigenvalue weighted by Crippen LogP contribution is 2.19. The highest BCUT2D eigenvalue weighted by molar-refractivity contribution is 5.31. The van der Waals surface area contributed by atoms with E-state index in [2.05, 4.69) is 9.97 Å². The summed E-state index contributed by atoms with van der Waals surface area (Å²) in [5, 5.41) is 0. The van der Waals surface area contributed by atoms with Crippen LogP contribution in [0.1, 0.15) is 5.56 Å². The minimum atomic E-state index is -0.426. The monoisotopic (exact) mass is 220 g/mol. The molecular formula is C11H9FN2O2. The van der Waals surface area contributed by atoms with Gasteiger partial charge >= 0.3 is 5.56 Å². The van der Waals surface area contributed by atoms with E-state index in [4.69, 9.17) is 4.74 Å². The van der Waals surface area contributed by atoms with Gasteiger partial charge in [-0.15, -0.1) is 0 Å². The highest BCUT2D eigenvalue weighted by Gasteiger charge is 2.04. The topological polar surface area (TPSA) is 55.0 Å². The van der Waals surface area contributed by atoms with Crippen LogP contribution in [0.4, 0.5) is 4.39 Å². The molecule has 0 aliphatic rings. The molecule has 0 amide bonds. The van der Waals surface area contributed by atoms with Crippen LogP contribution in [-0.4, -0.2) is 9.97 Å². The van der Waals surface area contributed by atoms with Crippen molar-refractivity contribution in [2.75, 3.05) is 0 Å². The average molecular weight is 220 g/mol. The van der Waals surface area contributed by atoms with Crippen LogP contribution in [0.15, 0.2) is 35.4 Å². The molecule has 2 rings (SSSR count). The fraction of sp³-hybridized carbons (Fsp3) is 0.0909.